The molecule has 0 amide bonds. The summed E-state index contributed by atoms with van der Waals surface area (Å²) < 4.78 is 13.7. The normalized spacial score (nSPS) is 16.0. The molecule has 1 fully saturated rings. The molecule has 0 unspecified atom stereocenters. The van der Waals surface area contributed by atoms with Gasteiger partial charge in [0.15, 0.2) is 6.61 Å². The fraction of sp³-hybridized carbons (Fsp3) is 0.320. The molecule has 5 heteroatoms. The summed E-state index contributed by atoms with van der Waals surface area (Å²) in [7, 11) is 0. The summed E-state index contributed by atoms with van der Waals surface area (Å²) in [6.07, 6.45) is 2.41. The Balaban J connectivity index is 1.43. The van der Waals surface area contributed by atoms with E-state index in [1.807, 2.05) is 68.4 Å². The summed E-state index contributed by atoms with van der Waals surface area (Å²) in [5.41, 5.74) is 4.82. The number of ketones is 1. The van der Waals surface area contributed by atoms with Crippen LogP contribution in [0.4, 0.5) is 0 Å². The van der Waals surface area contributed by atoms with Crippen molar-refractivity contribution in [2.45, 2.75) is 39.3 Å². The van der Waals surface area contributed by atoms with E-state index in [4.69, 9.17) is 21.1 Å². The minimum Gasteiger partial charge on any atom is -0.484 e. The number of hydrogen-bond donors (Lipinski definition) is 0. The Morgan fingerprint density at radius 1 is 1.13 bits per heavy atom. The maximum atomic E-state index is 12.8. The van der Waals surface area contributed by atoms with E-state index < -0.39 is 0 Å². The van der Waals surface area contributed by atoms with Gasteiger partial charge >= 0.3 is 0 Å². The molecule has 2 aromatic carbocycles. The number of aryl methyl sites for hydroxylation is 1. The summed E-state index contributed by atoms with van der Waals surface area (Å²) in [5.74, 6) is 0.461. The van der Waals surface area contributed by atoms with Crippen LogP contribution in [0, 0.1) is 13.8 Å². The van der Waals surface area contributed by atoms with E-state index in [1.54, 1.807) is 0 Å². The molecule has 0 aliphatic carbocycles. The maximum Gasteiger partial charge on any atom is 0.202 e. The molecule has 1 aromatic heterocycles. The Bertz CT molecular complexity index is 1040. The molecule has 30 heavy (non-hydrogen) atoms. The van der Waals surface area contributed by atoms with Gasteiger partial charge in [0.1, 0.15) is 5.75 Å². The number of benzene rings is 2. The number of nitrogens with zero attached hydrogens (tertiary/aromatic N) is 1. The van der Waals surface area contributed by atoms with E-state index >= 15 is 0 Å². The van der Waals surface area contributed by atoms with Crippen LogP contribution in [-0.4, -0.2) is 29.7 Å². The third kappa shape index (κ3) is 4.45. The fourth-order valence-electron chi connectivity index (χ4n) is 4.01. The van der Waals surface area contributed by atoms with E-state index in [-0.39, 0.29) is 18.5 Å². The standard InChI is InChI=1S/C25H26ClNO3/c1-17-13-22(18(2)27(17)15-21-9-6-12-29-21)24(28)16-30-25-11-10-20(14-23(25)26)19-7-4-3-5-8-19/h3-5,7-8,10-11,13-14,21H,6,9,12,15-16H2,1-2H3/t21-/m1/s1. The Kier molecular flexibility index (Phi) is 6.26. The minimum absolute atomic E-state index is 0.0470. The molecule has 0 N–H and O–H groups in total. The zero-order valence-electron chi connectivity index (χ0n) is 17.4. The molecule has 2 heterocycles. The van der Waals surface area contributed by atoms with Gasteiger partial charge in [-0.1, -0.05) is 48.0 Å². The zero-order valence-corrected chi connectivity index (χ0v) is 18.1. The van der Waals surface area contributed by atoms with Crippen LogP contribution < -0.4 is 4.74 Å². The molecule has 0 bridgehead atoms. The van der Waals surface area contributed by atoms with Crippen LogP contribution in [0.3, 0.4) is 0 Å². The number of carbonyl (C=O) groups is 1. The van der Waals surface area contributed by atoms with Gasteiger partial charge < -0.3 is 14.0 Å². The lowest BCUT2D eigenvalue weighted by Gasteiger charge is -2.15. The second-order valence-corrected chi connectivity index (χ2v) is 8.16. The average molecular weight is 424 g/mol. The molecule has 1 aliphatic rings. The molecule has 156 valence electrons. The quantitative estimate of drug-likeness (QED) is 0.446. The first-order chi connectivity index (χ1) is 14.5. The first-order valence-corrected chi connectivity index (χ1v) is 10.7. The third-order valence-electron chi connectivity index (χ3n) is 5.68. The van der Waals surface area contributed by atoms with E-state index in [9.17, 15) is 4.79 Å². The Morgan fingerprint density at radius 3 is 2.63 bits per heavy atom. The van der Waals surface area contributed by atoms with Gasteiger partial charge in [-0.25, -0.2) is 0 Å². The number of hydrogen-bond acceptors (Lipinski definition) is 3. The monoisotopic (exact) mass is 423 g/mol. The third-order valence-corrected chi connectivity index (χ3v) is 5.98. The van der Waals surface area contributed by atoms with E-state index in [2.05, 4.69) is 4.57 Å². The van der Waals surface area contributed by atoms with Crippen molar-refractivity contribution in [3.05, 3.63) is 76.6 Å². The van der Waals surface area contributed by atoms with Crippen LogP contribution in [0.25, 0.3) is 11.1 Å². The Hall–Kier alpha value is -2.56. The van der Waals surface area contributed by atoms with Gasteiger partial charge in [0, 0.05) is 30.1 Å². The predicted molar refractivity (Wildman–Crippen MR) is 120 cm³/mol. The van der Waals surface area contributed by atoms with Crippen molar-refractivity contribution >= 4 is 17.4 Å². The molecule has 4 rings (SSSR count). The highest BCUT2D eigenvalue weighted by atomic mass is 35.5. The van der Waals surface area contributed by atoms with Crippen LogP contribution in [0.5, 0.6) is 5.75 Å². The lowest BCUT2D eigenvalue weighted by molar-refractivity contribution is 0.0914. The first kappa shape index (κ1) is 20.7. The Labute approximate surface area is 182 Å². The SMILES string of the molecule is Cc1cc(C(=O)COc2ccc(-c3ccccc3)cc2Cl)c(C)n1C[C@H]1CCCO1. The number of halogens is 1. The van der Waals surface area contributed by atoms with Crippen molar-refractivity contribution in [3.8, 4) is 16.9 Å². The molecule has 4 nitrogen and oxygen atoms in total. The first-order valence-electron chi connectivity index (χ1n) is 10.3. The molecule has 0 spiro atoms. The van der Waals surface area contributed by atoms with Crippen LogP contribution in [0.15, 0.2) is 54.6 Å². The highest BCUT2D eigenvalue weighted by Gasteiger charge is 2.21. The van der Waals surface area contributed by atoms with Gasteiger partial charge in [0.2, 0.25) is 5.78 Å². The van der Waals surface area contributed by atoms with Crippen LogP contribution in [0.2, 0.25) is 5.02 Å². The maximum absolute atomic E-state index is 12.8. The Morgan fingerprint density at radius 2 is 1.93 bits per heavy atom. The molecule has 1 atom stereocenters. The van der Waals surface area contributed by atoms with Crippen molar-refractivity contribution in [1.29, 1.82) is 0 Å². The zero-order chi connectivity index (χ0) is 21.1. The van der Waals surface area contributed by atoms with Crippen molar-refractivity contribution in [3.63, 3.8) is 0 Å². The number of aromatic nitrogens is 1. The van der Waals surface area contributed by atoms with Crippen LogP contribution >= 0.6 is 11.6 Å². The minimum atomic E-state index is -0.0510. The van der Waals surface area contributed by atoms with E-state index in [0.717, 1.165) is 48.5 Å². The predicted octanol–water partition coefficient (Wildman–Crippen LogP) is 5.87. The molecule has 1 saturated heterocycles. The summed E-state index contributed by atoms with van der Waals surface area (Å²) >= 11 is 6.41. The summed E-state index contributed by atoms with van der Waals surface area (Å²) in [6, 6.07) is 17.6. The number of Topliss-reactive ketones (excluding diaryl/α,β-unsaturated/α-hetero) is 1. The van der Waals surface area contributed by atoms with Crippen LogP contribution in [-0.2, 0) is 11.3 Å². The van der Waals surface area contributed by atoms with Gasteiger partial charge in [0.05, 0.1) is 11.1 Å². The molecular weight excluding hydrogens is 398 g/mol. The van der Waals surface area contributed by atoms with Crippen molar-refractivity contribution < 1.29 is 14.3 Å². The number of rotatable bonds is 7. The molecular formula is C25H26ClNO3. The highest BCUT2D eigenvalue weighted by molar-refractivity contribution is 6.32. The number of ether oxygens (including phenoxy) is 2. The van der Waals surface area contributed by atoms with Crippen molar-refractivity contribution in [2.24, 2.45) is 0 Å². The lowest BCUT2D eigenvalue weighted by Crippen LogP contribution is -2.18. The lowest BCUT2D eigenvalue weighted by atomic mass is 10.1. The smallest absolute Gasteiger partial charge is 0.202 e. The molecule has 1 aliphatic heterocycles. The van der Waals surface area contributed by atoms with Gasteiger partial charge in [-0.15, -0.1) is 0 Å². The molecule has 0 saturated carbocycles. The van der Waals surface area contributed by atoms with Crippen LogP contribution in [0.1, 0.15) is 34.6 Å². The molecule has 3 aromatic rings. The van der Waals surface area contributed by atoms with Gasteiger partial charge in [-0.2, -0.15) is 0 Å². The fourth-order valence-corrected chi connectivity index (χ4v) is 4.24. The second kappa shape index (κ2) is 9.07. The largest absolute Gasteiger partial charge is 0.484 e. The molecule has 0 radical (unpaired) electrons. The van der Waals surface area contributed by atoms with Crippen molar-refractivity contribution in [1.82, 2.24) is 4.57 Å². The number of carbonyl (C=O) groups excluding carboxylic acids is 1. The van der Waals surface area contributed by atoms with E-state index in [1.165, 1.54) is 0 Å². The summed E-state index contributed by atoms with van der Waals surface area (Å²) in [4.78, 5) is 12.8. The summed E-state index contributed by atoms with van der Waals surface area (Å²) in [5, 5.41) is 0.494. The average Bonchev–Trinajstić information content (AvgIpc) is 3.37. The topological polar surface area (TPSA) is 40.5 Å². The van der Waals surface area contributed by atoms with Crippen molar-refractivity contribution in [2.75, 3.05) is 13.2 Å². The van der Waals surface area contributed by atoms with E-state index in [0.29, 0.717) is 16.3 Å². The highest BCUT2D eigenvalue weighted by Crippen LogP contribution is 2.30. The van der Waals surface area contributed by atoms with Gasteiger partial charge in [-0.05, 0) is 56.0 Å². The summed E-state index contributed by atoms with van der Waals surface area (Å²) in [6.45, 7) is 5.58. The second-order valence-electron chi connectivity index (χ2n) is 7.75. The van der Waals surface area contributed by atoms with Gasteiger partial charge in [-0.3, -0.25) is 4.79 Å². The van der Waals surface area contributed by atoms with Gasteiger partial charge in [0.25, 0.3) is 0 Å².